The maximum Gasteiger partial charge on any atom is 0.293 e. The van der Waals surface area contributed by atoms with Crippen molar-refractivity contribution in [2.45, 2.75) is 25.1 Å². The fourth-order valence-corrected chi connectivity index (χ4v) is 1.84. The Morgan fingerprint density at radius 3 is 2.58 bits per heavy atom. The molecule has 0 aromatic rings. The van der Waals surface area contributed by atoms with Crippen LogP contribution >= 0.6 is 31.9 Å². The van der Waals surface area contributed by atoms with Crippen LogP contribution in [-0.2, 0) is 9.53 Å². The summed E-state index contributed by atoms with van der Waals surface area (Å²) in [5, 5.41) is 0.904. The third-order valence-electron chi connectivity index (χ3n) is 1.92. The Balaban J connectivity index is 3.77. The second-order valence-corrected chi connectivity index (χ2v) is 5.08. The van der Waals surface area contributed by atoms with Crippen molar-refractivity contribution < 1.29 is 9.53 Å². The smallest absolute Gasteiger partial charge is 0.293 e. The minimum Gasteiger partial charge on any atom is -0.468 e. The van der Waals surface area contributed by atoms with Crippen LogP contribution in [0.5, 0.6) is 0 Å². The Bertz CT molecular complexity index is 137. The SMILES string of the molecule is CC(C)(CCOC=O)C(Br)CBr. The van der Waals surface area contributed by atoms with Crippen LogP contribution in [0, 0.1) is 5.41 Å². The summed E-state index contributed by atoms with van der Waals surface area (Å²) in [5.41, 5.74) is 0.145. The lowest BCUT2D eigenvalue weighted by Crippen LogP contribution is -2.27. The molecular formula is C8H14Br2O2. The van der Waals surface area contributed by atoms with Crippen LogP contribution in [0.15, 0.2) is 0 Å². The first-order chi connectivity index (χ1) is 5.54. The molecule has 0 aliphatic carbocycles. The molecule has 0 radical (unpaired) electrons. The van der Waals surface area contributed by atoms with E-state index >= 15 is 0 Å². The number of hydrogen-bond acceptors (Lipinski definition) is 2. The van der Waals surface area contributed by atoms with Crippen molar-refractivity contribution in [3.63, 3.8) is 0 Å². The Morgan fingerprint density at radius 1 is 1.58 bits per heavy atom. The van der Waals surface area contributed by atoms with Gasteiger partial charge in [-0.3, -0.25) is 4.79 Å². The zero-order valence-electron chi connectivity index (χ0n) is 7.35. The van der Waals surface area contributed by atoms with Crippen molar-refractivity contribution in [2.75, 3.05) is 11.9 Å². The molecule has 0 aromatic heterocycles. The van der Waals surface area contributed by atoms with Crippen molar-refractivity contribution in [3.8, 4) is 0 Å². The standard InChI is InChI=1S/C8H14Br2O2/c1-8(2,7(10)5-9)3-4-12-6-11/h6-7H,3-5H2,1-2H3. The van der Waals surface area contributed by atoms with E-state index in [1.807, 2.05) is 0 Å². The van der Waals surface area contributed by atoms with Crippen LogP contribution in [0.1, 0.15) is 20.3 Å². The predicted octanol–water partition coefficient (Wildman–Crippen LogP) is 2.73. The van der Waals surface area contributed by atoms with Gasteiger partial charge in [0.05, 0.1) is 6.61 Å². The monoisotopic (exact) mass is 300 g/mol. The lowest BCUT2D eigenvalue weighted by molar-refractivity contribution is -0.129. The number of rotatable bonds is 6. The van der Waals surface area contributed by atoms with Gasteiger partial charge in [-0.25, -0.2) is 0 Å². The average molecular weight is 302 g/mol. The van der Waals surface area contributed by atoms with Crippen molar-refractivity contribution in [1.29, 1.82) is 0 Å². The van der Waals surface area contributed by atoms with Crippen LogP contribution < -0.4 is 0 Å². The number of halogens is 2. The second-order valence-electron chi connectivity index (χ2n) is 3.33. The summed E-state index contributed by atoms with van der Waals surface area (Å²) < 4.78 is 4.65. The molecule has 4 heteroatoms. The average Bonchev–Trinajstić information content (AvgIpc) is 2.03. The van der Waals surface area contributed by atoms with E-state index < -0.39 is 0 Å². The minimum absolute atomic E-state index is 0.145. The predicted molar refractivity (Wildman–Crippen MR) is 56.9 cm³/mol. The van der Waals surface area contributed by atoms with Crippen LogP contribution in [0.2, 0.25) is 0 Å². The molecule has 0 fully saturated rings. The lowest BCUT2D eigenvalue weighted by Gasteiger charge is -2.28. The molecule has 0 rings (SSSR count). The van der Waals surface area contributed by atoms with E-state index in [1.165, 1.54) is 0 Å². The van der Waals surface area contributed by atoms with Gasteiger partial charge in [-0.15, -0.1) is 0 Å². The largest absolute Gasteiger partial charge is 0.468 e. The van der Waals surface area contributed by atoms with Crippen LogP contribution in [0.25, 0.3) is 0 Å². The zero-order chi connectivity index (χ0) is 9.61. The summed E-state index contributed by atoms with van der Waals surface area (Å²) in [7, 11) is 0. The molecule has 1 unspecified atom stereocenters. The molecule has 0 aliphatic rings. The topological polar surface area (TPSA) is 26.3 Å². The van der Waals surface area contributed by atoms with Crippen LogP contribution in [-0.4, -0.2) is 23.2 Å². The molecule has 2 nitrogen and oxygen atoms in total. The number of alkyl halides is 2. The van der Waals surface area contributed by atoms with Gasteiger partial charge in [0.2, 0.25) is 0 Å². The van der Waals surface area contributed by atoms with Gasteiger partial charge in [-0.05, 0) is 11.8 Å². The van der Waals surface area contributed by atoms with Gasteiger partial charge in [0.1, 0.15) is 0 Å². The van der Waals surface area contributed by atoms with Crippen LogP contribution in [0.3, 0.4) is 0 Å². The Hall–Kier alpha value is 0.430. The van der Waals surface area contributed by atoms with Gasteiger partial charge in [-0.1, -0.05) is 45.7 Å². The molecule has 0 saturated carbocycles. The highest BCUT2D eigenvalue weighted by Gasteiger charge is 2.26. The first kappa shape index (κ1) is 12.4. The van der Waals surface area contributed by atoms with E-state index in [4.69, 9.17) is 0 Å². The van der Waals surface area contributed by atoms with Gasteiger partial charge >= 0.3 is 0 Å². The number of ether oxygens (including phenoxy) is 1. The fraction of sp³-hybridized carbons (Fsp3) is 0.875. The molecule has 0 bridgehead atoms. The summed E-state index contributed by atoms with van der Waals surface area (Å²) >= 11 is 6.96. The molecule has 0 aromatic carbocycles. The highest BCUT2D eigenvalue weighted by molar-refractivity contribution is 9.12. The molecule has 72 valence electrons. The van der Waals surface area contributed by atoms with Crippen molar-refractivity contribution in [1.82, 2.24) is 0 Å². The minimum atomic E-state index is 0.145. The molecule has 0 saturated heterocycles. The van der Waals surface area contributed by atoms with Crippen molar-refractivity contribution in [2.24, 2.45) is 5.41 Å². The molecule has 0 N–H and O–H groups in total. The number of carbonyl (C=O) groups is 1. The number of hydrogen-bond donors (Lipinski definition) is 0. The van der Waals surface area contributed by atoms with Gasteiger partial charge in [-0.2, -0.15) is 0 Å². The Labute approximate surface area is 90.3 Å². The van der Waals surface area contributed by atoms with Crippen LogP contribution in [0.4, 0.5) is 0 Å². The highest BCUT2D eigenvalue weighted by Crippen LogP contribution is 2.31. The Morgan fingerprint density at radius 2 is 2.17 bits per heavy atom. The number of carbonyl (C=O) groups excluding carboxylic acids is 1. The van der Waals surface area contributed by atoms with E-state index in [0.717, 1.165) is 11.8 Å². The van der Waals surface area contributed by atoms with E-state index in [0.29, 0.717) is 17.9 Å². The first-order valence-electron chi connectivity index (χ1n) is 3.80. The summed E-state index contributed by atoms with van der Waals surface area (Å²) in [6, 6.07) is 0. The molecule has 0 heterocycles. The maximum atomic E-state index is 9.89. The van der Waals surface area contributed by atoms with Crippen molar-refractivity contribution in [3.05, 3.63) is 0 Å². The second kappa shape index (κ2) is 5.97. The van der Waals surface area contributed by atoms with Gasteiger partial charge in [0.15, 0.2) is 0 Å². The zero-order valence-corrected chi connectivity index (χ0v) is 10.5. The molecule has 1 atom stereocenters. The quantitative estimate of drug-likeness (QED) is 0.428. The van der Waals surface area contributed by atoms with E-state index in [-0.39, 0.29) is 5.41 Å². The van der Waals surface area contributed by atoms with Gasteiger partial charge in [0, 0.05) is 10.2 Å². The maximum absolute atomic E-state index is 9.89. The van der Waals surface area contributed by atoms with Gasteiger partial charge in [0.25, 0.3) is 6.47 Å². The summed E-state index contributed by atoms with van der Waals surface area (Å²) in [6.45, 7) is 5.27. The van der Waals surface area contributed by atoms with Gasteiger partial charge < -0.3 is 4.74 Å². The lowest BCUT2D eigenvalue weighted by atomic mass is 9.87. The molecule has 12 heavy (non-hydrogen) atoms. The van der Waals surface area contributed by atoms with E-state index in [2.05, 4.69) is 50.4 Å². The third-order valence-corrected chi connectivity index (χ3v) is 5.00. The fourth-order valence-electron chi connectivity index (χ4n) is 0.736. The normalized spacial score (nSPS) is 14.0. The van der Waals surface area contributed by atoms with E-state index in [1.54, 1.807) is 0 Å². The molecule has 0 spiro atoms. The Kier molecular flexibility index (Phi) is 6.19. The summed E-state index contributed by atoms with van der Waals surface area (Å²) in [4.78, 5) is 10.3. The van der Waals surface area contributed by atoms with E-state index in [9.17, 15) is 4.79 Å². The highest BCUT2D eigenvalue weighted by atomic mass is 79.9. The van der Waals surface area contributed by atoms with Crippen molar-refractivity contribution >= 4 is 38.3 Å². The third kappa shape index (κ3) is 4.45. The first-order valence-corrected chi connectivity index (χ1v) is 5.83. The molecule has 0 aliphatic heterocycles. The molecular weight excluding hydrogens is 288 g/mol. The summed E-state index contributed by atoms with van der Waals surface area (Å²) in [5.74, 6) is 0. The molecule has 0 amide bonds. The summed E-state index contributed by atoms with van der Waals surface area (Å²) in [6.07, 6.45) is 0.868.